The second-order valence-corrected chi connectivity index (χ2v) is 7.90. The van der Waals surface area contributed by atoms with Crippen LogP contribution in [0, 0.1) is 6.92 Å². The average molecular weight is 294 g/mol. The Kier molecular flexibility index (Phi) is 3.38. The molecule has 1 aromatic heterocycles. The van der Waals surface area contributed by atoms with E-state index < -0.39 is 0 Å². The van der Waals surface area contributed by atoms with Gasteiger partial charge in [0.05, 0.1) is 16.8 Å². The number of nitrogens with zero attached hydrogens (tertiary/aromatic N) is 2. The largest absolute Gasteiger partial charge is 0.515 e. The van der Waals surface area contributed by atoms with E-state index >= 15 is 0 Å². The number of anilines is 1. The van der Waals surface area contributed by atoms with Crippen molar-refractivity contribution < 1.29 is 9.31 Å². The SMILES string of the molecule is Cc1sc(N2CCCC2)nc1B1OC(C)(C)C(C)(C)O1. The normalized spacial score (nSPS) is 24.6. The predicted molar refractivity (Wildman–Crippen MR) is 84.0 cm³/mol. The highest BCUT2D eigenvalue weighted by atomic mass is 32.1. The summed E-state index contributed by atoms with van der Waals surface area (Å²) in [6.07, 6.45) is 2.54. The van der Waals surface area contributed by atoms with E-state index in [4.69, 9.17) is 14.3 Å². The van der Waals surface area contributed by atoms with E-state index in [0.29, 0.717) is 0 Å². The highest BCUT2D eigenvalue weighted by molar-refractivity contribution is 7.16. The lowest BCUT2D eigenvalue weighted by atomic mass is 9.84. The van der Waals surface area contributed by atoms with Gasteiger partial charge in [-0.1, -0.05) is 0 Å². The van der Waals surface area contributed by atoms with E-state index in [2.05, 4.69) is 39.5 Å². The first-order valence-corrected chi connectivity index (χ1v) is 8.20. The molecule has 0 radical (unpaired) electrons. The molecule has 110 valence electrons. The first-order chi connectivity index (χ1) is 9.30. The third-order valence-electron chi connectivity index (χ3n) is 4.67. The van der Waals surface area contributed by atoms with Crippen LogP contribution in [0.3, 0.4) is 0 Å². The Morgan fingerprint density at radius 3 is 2.20 bits per heavy atom. The maximum atomic E-state index is 6.11. The van der Waals surface area contributed by atoms with Crippen LogP contribution in [0.2, 0.25) is 0 Å². The fourth-order valence-corrected chi connectivity index (χ4v) is 3.59. The maximum Gasteiger partial charge on any atom is 0.515 e. The van der Waals surface area contributed by atoms with Crippen LogP contribution in [0.4, 0.5) is 5.13 Å². The van der Waals surface area contributed by atoms with Gasteiger partial charge in [-0.2, -0.15) is 0 Å². The minimum Gasteiger partial charge on any atom is -0.398 e. The third kappa shape index (κ3) is 2.28. The van der Waals surface area contributed by atoms with Gasteiger partial charge in [0.25, 0.3) is 0 Å². The van der Waals surface area contributed by atoms with Gasteiger partial charge >= 0.3 is 7.12 Å². The van der Waals surface area contributed by atoms with Crippen molar-refractivity contribution in [2.75, 3.05) is 18.0 Å². The molecular formula is C14H23BN2O2S. The topological polar surface area (TPSA) is 34.6 Å². The molecule has 0 amide bonds. The van der Waals surface area contributed by atoms with Crippen molar-refractivity contribution in [1.82, 2.24) is 4.98 Å². The smallest absolute Gasteiger partial charge is 0.398 e. The maximum absolute atomic E-state index is 6.11. The second kappa shape index (κ2) is 4.72. The Balaban J connectivity index is 1.85. The van der Waals surface area contributed by atoms with Crippen LogP contribution >= 0.6 is 11.3 Å². The van der Waals surface area contributed by atoms with Crippen molar-refractivity contribution in [2.24, 2.45) is 0 Å². The van der Waals surface area contributed by atoms with Crippen LogP contribution in [0.15, 0.2) is 0 Å². The molecule has 2 aliphatic rings. The molecule has 0 aliphatic carbocycles. The zero-order chi connectivity index (χ0) is 14.5. The fraction of sp³-hybridized carbons (Fsp3) is 0.786. The van der Waals surface area contributed by atoms with Crippen LogP contribution in [-0.4, -0.2) is 36.4 Å². The standard InChI is InChI=1S/C14H23BN2O2S/c1-10-11(15-18-13(2,3)14(4,5)19-15)16-12(20-10)17-8-6-7-9-17/h6-9H2,1-5H3. The summed E-state index contributed by atoms with van der Waals surface area (Å²) in [5.74, 6) is 0. The molecule has 0 aromatic carbocycles. The number of hydrogen-bond donors (Lipinski definition) is 0. The molecule has 6 heteroatoms. The van der Waals surface area contributed by atoms with Crippen molar-refractivity contribution in [2.45, 2.75) is 58.7 Å². The summed E-state index contributed by atoms with van der Waals surface area (Å²) in [6.45, 7) is 12.7. The highest BCUT2D eigenvalue weighted by Gasteiger charge is 2.53. The minimum atomic E-state index is -0.340. The molecule has 0 spiro atoms. The lowest BCUT2D eigenvalue weighted by Crippen LogP contribution is -2.41. The molecule has 3 rings (SSSR count). The highest BCUT2D eigenvalue weighted by Crippen LogP contribution is 2.37. The number of aryl methyl sites for hydroxylation is 1. The van der Waals surface area contributed by atoms with Crippen molar-refractivity contribution >= 4 is 29.2 Å². The molecule has 3 heterocycles. The molecular weight excluding hydrogens is 271 g/mol. The Morgan fingerprint density at radius 1 is 1.10 bits per heavy atom. The van der Waals surface area contributed by atoms with Gasteiger partial charge in [-0.05, 0) is 47.5 Å². The molecule has 0 atom stereocenters. The average Bonchev–Trinajstić information content (AvgIpc) is 2.98. The van der Waals surface area contributed by atoms with E-state index in [9.17, 15) is 0 Å². The monoisotopic (exact) mass is 294 g/mol. The summed E-state index contributed by atoms with van der Waals surface area (Å²) in [7, 11) is -0.340. The van der Waals surface area contributed by atoms with Crippen molar-refractivity contribution in [3.8, 4) is 0 Å². The van der Waals surface area contributed by atoms with Crippen molar-refractivity contribution in [3.05, 3.63) is 4.88 Å². The summed E-state index contributed by atoms with van der Waals surface area (Å²) in [5, 5.41) is 1.12. The zero-order valence-corrected chi connectivity index (χ0v) is 13.8. The first kappa shape index (κ1) is 14.4. The Hall–Kier alpha value is -0.585. The van der Waals surface area contributed by atoms with Gasteiger partial charge in [0.15, 0.2) is 5.13 Å². The van der Waals surface area contributed by atoms with E-state index in [1.807, 2.05) is 0 Å². The lowest BCUT2D eigenvalue weighted by molar-refractivity contribution is 0.00578. The Bertz CT molecular complexity index is 493. The fourth-order valence-electron chi connectivity index (χ4n) is 2.61. The lowest BCUT2D eigenvalue weighted by Gasteiger charge is -2.32. The quantitative estimate of drug-likeness (QED) is 0.784. The van der Waals surface area contributed by atoms with Gasteiger partial charge in [-0.3, -0.25) is 0 Å². The van der Waals surface area contributed by atoms with Crippen LogP contribution < -0.4 is 10.5 Å². The zero-order valence-electron chi connectivity index (χ0n) is 13.0. The molecule has 2 saturated heterocycles. The summed E-state index contributed by atoms with van der Waals surface area (Å²) in [6, 6.07) is 0. The van der Waals surface area contributed by atoms with Gasteiger partial charge < -0.3 is 14.2 Å². The second-order valence-electron chi connectivity index (χ2n) is 6.72. The minimum absolute atomic E-state index is 0.304. The number of thiazole rings is 1. The molecule has 0 N–H and O–H groups in total. The first-order valence-electron chi connectivity index (χ1n) is 7.38. The summed E-state index contributed by atoms with van der Waals surface area (Å²) in [4.78, 5) is 8.37. The van der Waals surface area contributed by atoms with Crippen LogP contribution in [-0.2, 0) is 9.31 Å². The molecule has 0 saturated carbocycles. The molecule has 1 aromatic rings. The van der Waals surface area contributed by atoms with Crippen LogP contribution in [0.25, 0.3) is 0 Å². The van der Waals surface area contributed by atoms with E-state index in [0.717, 1.165) is 23.8 Å². The van der Waals surface area contributed by atoms with Gasteiger partial charge in [-0.15, -0.1) is 11.3 Å². The van der Waals surface area contributed by atoms with Crippen LogP contribution in [0.5, 0.6) is 0 Å². The Labute approximate surface area is 125 Å². The number of aromatic nitrogens is 1. The molecule has 2 aliphatic heterocycles. The van der Waals surface area contributed by atoms with Gasteiger partial charge in [0, 0.05) is 18.0 Å². The molecule has 0 unspecified atom stereocenters. The summed E-state index contributed by atoms with van der Waals surface area (Å²) < 4.78 is 12.2. The molecule has 0 bridgehead atoms. The van der Waals surface area contributed by atoms with Crippen molar-refractivity contribution in [3.63, 3.8) is 0 Å². The van der Waals surface area contributed by atoms with Gasteiger partial charge in [0.2, 0.25) is 0 Å². The summed E-state index contributed by atoms with van der Waals surface area (Å²) in [5.41, 5.74) is 0.346. The van der Waals surface area contributed by atoms with E-state index in [1.54, 1.807) is 11.3 Å². The molecule has 20 heavy (non-hydrogen) atoms. The predicted octanol–water partition coefficient (Wildman–Crippen LogP) is 2.35. The third-order valence-corrected chi connectivity index (χ3v) is 5.72. The van der Waals surface area contributed by atoms with Gasteiger partial charge in [-0.25, -0.2) is 4.98 Å². The van der Waals surface area contributed by atoms with E-state index in [1.165, 1.54) is 17.7 Å². The summed E-state index contributed by atoms with van der Waals surface area (Å²) >= 11 is 1.75. The van der Waals surface area contributed by atoms with E-state index in [-0.39, 0.29) is 18.3 Å². The van der Waals surface area contributed by atoms with Gasteiger partial charge in [0.1, 0.15) is 0 Å². The number of hydrogen-bond acceptors (Lipinski definition) is 5. The van der Waals surface area contributed by atoms with Crippen LogP contribution in [0.1, 0.15) is 45.4 Å². The van der Waals surface area contributed by atoms with Crippen molar-refractivity contribution in [1.29, 1.82) is 0 Å². The molecule has 2 fully saturated rings. The molecule has 4 nitrogen and oxygen atoms in total. The number of rotatable bonds is 2. The Morgan fingerprint density at radius 2 is 1.65 bits per heavy atom.